The van der Waals surface area contributed by atoms with E-state index in [2.05, 4.69) is 46.6 Å². The van der Waals surface area contributed by atoms with Crippen LogP contribution in [0.25, 0.3) is 0 Å². The number of nitrogens with zero attached hydrogens (tertiary/aromatic N) is 2. The van der Waals surface area contributed by atoms with E-state index in [4.69, 9.17) is 0 Å². The van der Waals surface area contributed by atoms with Gasteiger partial charge in [0.15, 0.2) is 0 Å². The molecule has 5 heteroatoms. The molecule has 2 amide bonds. The molecule has 1 fully saturated rings. The minimum absolute atomic E-state index is 0.0552. The molecule has 0 aromatic heterocycles. The van der Waals surface area contributed by atoms with Crippen LogP contribution in [-0.4, -0.2) is 35.8 Å². The highest BCUT2D eigenvalue weighted by Gasteiger charge is 2.34. The molecule has 0 spiro atoms. The van der Waals surface area contributed by atoms with Gasteiger partial charge >= 0.3 is 0 Å². The average Bonchev–Trinajstić information content (AvgIpc) is 3.31. The number of carbonyl (C=O) groups excluding carboxylic acids is 2. The van der Waals surface area contributed by atoms with Crippen LogP contribution in [-0.2, 0) is 29.1 Å². The van der Waals surface area contributed by atoms with Gasteiger partial charge in [0.05, 0.1) is 0 Å². The van der Waals surface area contributed by atoms with Crippen molar-refractivity contribution in [1.29, 1.82) is 0 Å². The third-order valence-corrected chi connectivity index (χ3v) is 6.33. The number of rotatable bonds is 6. The highest BCUT2D eigenvalue weighted by atomic mass is 16.2. The van der Waals surface area contributed by atoms with Gasteiger partial charge in [0, 0.05) is 44.7 Å². The van der Waals surface area contributed by atoms with Crippen LogP contribution >= 0.6 is 0 Å². The summed E-state index contributed by atoms with van der Waals surface area (Å²) in [5.74, 6) is 0.248. The normalized spacial score (nSPS) is 18.2. The summed E-state index contributed by atoms with van der Waals surface area (Å²) >= 11 is 0. The first-order chi connectivity index (χ1) is 15.0. The largest absolute Gasteiger partial charge is 0.372 e. The summed E-state index contributed by atoms with van der Waals surface area (Å²) in [5, 5.41) is 3.08. The fourth-order valence-corrected chi connectivity index (χ4v) is 4.59. The second-order valence-electron chi connectivity index (χ2n) is 9.19. The summed E-state index contributed by atoms with van der Waals surface area (Å²) in [5.41, 5.74) is 4.63. The molecule has 0 aliphatic carbocycles. The summed E-state index contributed by atoms with van der Waals surface area (Å²) in [6.45, 7) is 7.31. The Morgan fingerprint density at radius 3 is 2.35 bits per heavy atom. The summed E-state index contributed by atoms with van der Waals surface area (Å²) in [6.07, 6.45) is 3.55. The fraction of sp³-hybridized carbons (Fsp3) is 0.462. The molecule has 2 aromatic rings. The van der Waals surface area contributed by atoms with Gasteiger partial charge in [0.25, 0.3) is 0 Å². The number of anilines is 1. The zero-order valence-electron chi connectivity index (χ0n) is 18.6. The molecule has 2 heterocycles. The molecule has 2 aromatic carbocycles. The van der Waals surface area contributed by atoms with Crippen molar-refractivity contribution in [3.63, 3.8) is 0 Å². The van der Waals surface area contributed by atoms with E-state index in [1.807, 2.05) is 26.0 Å². The van der Waals surface area contributed by atoms with E-state index < -0.39 is 6.04 Å². The zero-order chi connectivity index (χ0) is 21.8. The lowest BCUT2D eigenvalue weighted by molar-refractivity contribution is -0.142. The Morgan fingerprint density at radius 2 is 1.68 bits per heavy atom. The van der Waals surface area contributed by atoms with Gasteiger partial charge in [-0.3, -0.25) is 9.59 Å². The lowest BCUT2D eigenvalue weighted by atomic mass is 9.92. The molecule has 2 aliphatic heterocycles. The van der Waals surface area contributed by atoms with E-state index in [0.29, 0.717) is 25.9 Å². The molecule has 5 nitrogen and oxygen atoms in total. The second kappa shape index (κ2) is 9.54. The molecule has 164 valence electrons. The first-order valence-corrected chi connectivity index (χ1v) is 11.5. The van der Waals surface area contributed by atoms with E-state index in [-0.39, 0.29) is 17.7 Å². The van der Waals surface area contributed by atoms with Gasteiger partial charge in [-0.1, -0.05) is 50.2 Å². The highest BCUT2D eigenvalue weighted by molar-refractivity contribution is 5.88. The minimum atomic E-state index is -0.454. The van der Waals surface area contributed by atoms with E-state index >= 15 is 0 Å². The summed E-state index contributed by atoms with van der Waals surface area (Å²) in [7, 11) is 0. The average molecular weight is 420 g/mol. The van der Waals surface area contributed by atoms with Crippen molar-refractivity contribution in [3.05, 3.63) is 65.2 Å². The molecule has 4 rings (SSSR count). The Bertz CT molecular complexity index is 917. The second-order valence-corrected chi connectivity index (χ2v) is 9.19. The quantitative estimate of drug-likeness (QED) is 0.773. The number of fused-ring (bicyclic) bond motifs is 1. The number of amides is 2. The van der Waals surface area contributed by atoms with Crippen LogP contribution in [0.2, 0.25) is 0 Å². The van der Waals surface area contributed by atoms with Crippen molar-refractivity contribution in [2.75, 3.05) is 18.0 Å². The van der Waals surface area contributed by atoms with Crippen LogP contribution in [0.1, 0.15) is 49.8 Å². The van der Waals surface area contributed by atoms with Gasteiger partial charge in [-0.25, -0.2) is 0 Å². The first kappa shape index (κ1) is 21.4. The zero-order valence-corrected chi connectivity index (χ0v) is 18.6. The Balaban J connectivity index is 1.43. The molecular formula is C26H33N3O2. The van der Waals surface area contributed by atoms with Crippen LogP contribution in [0.3, 0.4) is 0 Å². The maximum Gasteiger partial charge on any atom is 0.243 e. The van der Waals surface area contributed by atoms with Gasteiger partial charge in [-0.15, -0.1) is 0 Å². The molecule has 31 heavy (non-hydrogen) atoms. The maximum atomic E-state index is 13.1. The van der Waals surface area contributed by atoms with Crippen molar-refractivity contribution in [3.8, 4) is 0 Å². The Hall–Kier alpha value is -2.82. The Labute approximate surface area is 185 Å². The smallest absolute Gasteiger partial charge is 0.243 e. The predicted octanol–water partition coefficient (Wildman–Crippen LogP) is 3.90. The van der Waals surface area contributed by atoms with Crippen molar-refractivity contribution in [2.24, 2.45) is 5.92 Å². The Kier molecular flexibility index (Phi) is 6.59. The molecule has 1 atom stereocenters. The molecule has 0 radical (unpaired) electrons. The van der Waals surface area contributed by atoms with Gasteiger partial charge in [0.2, 0.25) is 11.8 Å². The molecule has 0 saturated carbocycles. The number of benzene rings is 2. The first-order valence-electron chi connectivity index (χ1n) is 11.5. The van der Waals surface area contributed by atoms with Crippen LogP contribution in [0.4, 0.5) is 5.69 Å². The highest BCUT2D eigenvalue weighted by Crippen LogP contribution is 2.25. The van der Waals surface area contributed by atoms with Crippen molar-refractivity contribution >= 4 is 17.5 Å². The van der Waals surface area contributed by atoms with Crippen molar-refractivity contribution in [2.45, 2.75) is 58.7 Å². The van der Waals surface area contributed by atoms with E-state index in [9.17, 15) is 9.59 Å². The van der Waals surface area contributed by atoms with Gasteiger partial charge in [0.1, 0.15) is 6.04 Å². The van der Waals surface area contributed by atoms with Crippen molar-refractivity contribution in [1.82, 2.24) is 10.2 Å². The summed E-state index contributed by atoms with van der Waals surface area (Å²) in [4.78, 5) is 30.2. The third-order valence-electron chi connectivity index (χ3n) is 6.33. The predicted molar refractivity (Wildman–Crippen MR) is 124 cm³/mol. The van der Waals surface area contributed by atoms with Gasteiger partial charge in [-0.2, -0.15) is 0 Å². The molecule has 1 N–H and O–H groups in total. The Morgan fingerprint density at radius 1 is 1.00 bits per heavy atom. The van der Waals surface area contributed by atoms with Crippen LogP contribution in [0.15, 0.2) is 48.5 Å². The monoisotopic (exact) mass is 419 g/mol. The van der Waals surface area contributed by atoms with Crippen LogP contribution < -0.4 is 10.2 Å². The summed E-state index contributed by atoms with van der Waals surface area (Å²) < 4.78 is 0. The number of hydrogen-bond donors (Lipinski definition) is 1. The topological polar surface area (TPSA) is 52.7 Å². The van der Waals surface area contributed by atoms with Gasteiger partial charge < -0.3 is 15.1 Å². The lowest BCUT2D eigenvalue weighted by Gasteiger charge is -2.36. The van der Waals surface area contributed by atoms with Crippen molar-refractivity contribution < 1.29 is 9.59 Å². The van der Waals surface area contributed by atoms with E-state index in [1.165, 1.54) is 18.5 Å². The minimum Gasteiger partial charge on any atom is -0.372 e. The molecular weight excluding hydrogens is 386 g/mol. The van der Waals surface area contributed by atoms with Crippen LogP contribution in [0.5, 0.6) is 0 Å². The van der Waals surface area contributed by atoms with Gasteiger partial charge in [-0.05, 0) is 47.6 Å². The SMILES string of the molecule is CC(C)CC(=O)N1Cc2ccccc2CC1C(=O)NCc1ccc(N2CCCC2)cc1. The fourth-order valence-electron chi connectivity index (χ4n) is 4.59. The molecule has 1 saturated heterocycles. The molecule has 1 unspecified atom stereocenters. The standard InChI is InChI=1S/C26H33N3O2/c1-19(2)15-25(30)29-18-22-8-4-3-7-21(22)16-24(29)26(31)27-17-20-9-11-23(12-10-20)28-13-5-6-14-28/h3-4,7-12,19,24H,5-6,13-18H2,1-2H3,(H,27,31). The number of carbonyl (C=O) groups is 2. The van der Waals surface area contributed by atoms with Crippen LogP contribution in [0, 0.1) is 5.92 Å². The maximum absolute atomic E-state index is 13.1. The van der Waals surface area contributed by atoms with E-state index in [0.717, 1.165) is 29.8 Å². The molecule has 2 aliphatic rings. The lowest BCUT2D eigenvalue weighted by Crippen LogP contribution is -2.52. The third kappa shape index (κ3) is 5.09. The number of hydrogen-bond acceptors (Lipinski definition) is 3. The van der Waals surface area contributed by atoms with E-state index in [1.54, 1.807) is 4.90 Å². The number of nitrogens with one attached hydrogen (secondary N) is 1. The summed E-state index contributed by atoms with van der Waals surface area (Å²) in [6, 6.07) is 16.1. The molecule has 0 bridgehead atoms.